The number of phenolic OH excluding ortho intramolecular Hbond substituents is 1. The van der Waals surface area contributed by atoms with Crippen LogP contribution in [-0.2, 0) is 0 Å². The second kappa shape index (κ2) is 6.35. The van der Waals surface area contributed by atoms with Crippen LogP contribution >= 0.6 is 0 Å². The number of hydrogen-bond acceptors (Lipinski definition) is 2. The summed E-state index contributed by atoms with van der Waals surface area (Å²) in [7, 11) is 1.67. The maximum Gasteiger partial charge on any atom is 0.118 e. The van der Waals surface area contributed by atoms with Crippen molar-refractivity contribution in [3.8, 4) is 11.5 Å². The summed E-state index contributed by atoms with van der Waals surface area (Å²) in [4.78, 5) is 0. The molecule has 0 aliphatic carbocycles. The first kappa shape index (κ1) is 14.2. The second-order valence-corrected chi connectivity index (χ2v) is 5.21. The third kappa shape index (κ3) is 2.96. The average Bonchev–Trinajstić information content (AvgIpc) is 2.58. The largest absolute Gasteiger partial charge is 0.508 e. The van der Waals surface area contributed by atoms with Crippen molar-refractivity contribution in [1.82, 2.24) is 0 Å². The van der Waals surface area contributed by atoms with Crippen LogP contribution in [0.5, 0.6) is 11.5 Å². The van der Waals surface area contributed by atoms with Crippen LogP contribution in [0.4, 0.5) is 0 Å². The highest BCUT2D eigenvalue weighted by molar-refractivity contribution is 5.45. The summed E-state index contributed by atoms with van der Waals surface area (Å²) in [6.07, 6.45) is 0. The third-order valence-corrected chi connectivity index (χ3v) is 3.81. The van der Waals surface area contributed by atoms with Crippen molar-refractivity contribution in [2.75, 3.05) is 7.11 Å². The van der Waals surface area contributed by atoms with Crippen molar-refractivity contribution in [3.05, 3.63) is 95.6 Å². The van der Waals surface area contributed by atoms with Crippen molar-refractivity contribution < 1.29 is 9.84 Å². The molecule has 0 amide bonds. The summed E-state index contributed by atoms with van der Waals surface area (Å²) in [6, 6.07) is 25.9. The van der Waals surface area contributed by atoms with Gasteiger partial charge in [0.1, 0.15) is 11.5 Å². The Labute approximate surface area is 130 Å². The van der Waals surface area contributed by atoms with E-state index in [4.69, 9.17) is 4.74 Å². The fourth-order valence-electron chi connectivity index (χ4n) is 2.69. The van der Waals surface area contributed by atoms with Crippen LogP contribution in [0.2, 0.25) is 0 Å². The van der Waals surface area contributed by atoms with Gasteiger partial charge >= 0.3 is 0 Å². The maximum absolute atomic E-state index is 9.53. The molecule has 0 spiro atoms. The molecule has 2 heteroatoms. The lowest BCUT2D eigenvalue weighted by molar-refractivity contribution is 0.414. The Hall–Kier alpha value is -2.74. The quantitative estimate of drug-likeness (QED) is 0.713. The van der Waals surface area contributed by atoms with E-state index in [1.807, 2.05) is 42.5 Å². The normalized spacial score (nSPS) is 11.9. The Morgan fingerprint density at radius 3 is 1.73 bits per heavy atom. The average molecular weight is 290 g/mol. The van der Waals surface area contributed by atoms with Crippen LogP contribution in [0, 0.1) is 0 Å². The second-order valence-electron chi connectivity index (χ2n) is 5.21. The molecule has 0 heterocycles. The number of benzene rings is 3. The van der Waals surface area contributed by atoms with Crippen LogP contribution in [0.3, 0.4) is 0 Å². The van der Waals surface area contributed by atoms with Crippen molar-refractivity contribution in [2.45, 2.75) is 5.92 Å². The van der Waals surface area contributed by atoms with Gasteiger partial charge < -0.3 is 9.84 Å². The maximum atomic E-state index is 9.53. The van der Waals surface area contributed by atoms with Gasteiger partial charge in [0, 0.05) is 5.92 Å². The lowest BCUT2D eigenvalue weighted by Crippen LogP contribution is -2.03. The first-order valence-electron chi connectivity index (χ1n) is 7.26. The van der Waals surface area contributed by atoms with Crippen LogP contribution in [0.1, 0.15) is 22.6 Å². The first-order chi connectivity index (χ1) is 10.8. The van der Waals surface area contributed by atoms with Gasteiger partial charge in [-0.05, 0) is 41.0 Å². The minimum atomic E-state index is 0.132. The number of hydrogen-bond donors (Lipinski definition) is 1. The van der Waals surface area contributed by atoms with Crippen molar-refractivity contribution in [1.29, 1.82) is 0 Å². The smallest absolute Gasteiger partial charge is 0.118 e. The molecule has 1 N–H and O–H groups in total. The highest BCUT2D eigenvalue weighted by Gasteiger charge is 2.16. The number of phenols is 1. The van der Waals surface area contributed by atoms with Crippen LogP contribution in [0.25, 0.3) is 0 Å². The molecule has 0 aromatic heterocycles. The molecule has 0 radical (unpaired) electrons. The van der Waals surface area contributed by atoms with E-state index in [-0.39, 0.29) is 11.7 Å². The first-order valence-corrected chi connectivity index (χ1v) is 7.26. The zero-order valence-corrected chi connectivity index (χ0v) is 12.4. The van der Waals surface area contributed by atoms with Gasteiger partial charge in [-0.2, -0.15) is 0 Å². The summed E-state index contributed by atoms with van der Waals surface area (Å²) in [5.41, 5.74) is 3.56. The summed E-state index contributed by atoms with van der Waals surface area (Å²) in [6.45, 7) is 0. The highest BCUT2D eigenvalue weighted by atomic mass is 16.5. The van der Waals surface area contributed by atoms with E-state index in [2.05, 4.69) is 24.3 Å². The van der Waals surface area contributed by atoms with E-state index in [0.29, 0.717) is 0 Å². The van der Waals surface area contributed by atoms with Crippen LogP contribution in [-0.4, -0.2) is 12.2 Å². The molecule has 3 aromatic carbocycles. The van der Waals surface area contributed by atoms with Gasteiger partial charge in [-0.25, -0.2) is 0 Å². The molecule has 0 saturated carbocycles. The van der Waals surface area contributed by atoms with E-state index >= 15 is 0 Å². The van der Waals surface area contributed by atoms with Crippen LogP contribution < -0.4 is 4.74 Å². The van der Waals surface area contributed by atoms with Gasteiger partial charge in [0.2, 0.25) is 0 Å². The van der Waals surface area contributed by atoms with Gasteiger partial charge in [-0.15, -0.1) is 0 Å². The molecule has 1 atom stereocenters. The number of methoxy groups -OCH3 is 1. The van der Waals surface area contributed by atoms with Gasteiger partial charge in [-0.1, -0.05) is 54.6 Å². The molecule has 0 fully saturated rings. The van der Waals surface area contributed by atoms with E-state index < -0.39 is 0 Å². The summed E-state index contributed by atoms with van der Waals surface area (Å²) < 4.78 is 5.24. The van der Waals surface area contributed by atoms with E-state index in [0.717, 1.165) is 11.3 Å². The monoisotopic (exact) mass is 290 g/mol. The zero-order valence-electron chi connectivity index (χ0n) is 12.4. The Balaban J connectivity index is 2.07. The molecule has 3 rings (SSSR count). The number of aromatic hydroxyl groups is 1. The van der Waals surface area contributed by atoms with Gasteiger partial charge in [0.15, 0.2) is 0 Å². The predicted molar refractivity (Wildman–Crippen MR) is 88.5 cm³/mol. The Morgan fingerprint density at radius 1 is 0.682 bits per heavy atom. The lowest BCUT2D eigenvalue weighted by Gasteiger charge is -2.19. The molecule has 22 heavy (non-hydrogen) atoms. The molecule has 0 aliphatic heterocycles. The SMILES string of the molecule is COc1ccc(C(c2ccccc2)c2ccc(O)cc2)cc1. The standard InChI is InChI=1S/C20H18O2/c1-22-19-13-9-17(10-14-19)20(15-5-3-2-4-6-15)16-7-11-18(21)12-8-16/h2-14,20-21H,1H3. The molecular formula is C20H18O2. The van der Waals surface area contributed by atoms with Crippen molar-refractivity contribution in [3.63, 3.8) is 0 Å². The molecule has 0 aliphatic rings. The Morgan fingerprint density at radius 2 is 1.18 bits per heavy atom. The number of rotatable bonds is 4. The molecule has 0 bridgehead atoms. The Kier molecular flexibility index (Phi) is 4.10. The molecule has 110 valence electrons. The molecule has 0 saturated heterocycles. The summed E-state index contributed by atoms with van der Waals surface area (Å²) in [5.74, 6) is 1.26. The van der Waals surface area contributed by atoms with E-state index in [1.165, 1.54) is 11.1 Å². The zero-order chi connectivity index (χ0) is 15.4. The van der Waals surface area contributed by atoms with Crippen molar-refractivity contribution >= 4 is 0 Å². The topological polar surface area (TPSA) is 29.5 Å². The lowest BCUT2D eigenvalue weighted by atomic mass is 9.85. The fraction of sp³-hybridized carbons (Fsp3) is 0.100. The fourth-order valence-corrected chi connectivity index (χ4v) is 2.69. The minimum absolute atomic E-state index is 0.132. The highest BCUT2D eigenvalue weighted by Crippen LogP contribution is 2.33. The van der Waals surface area contributed by atoms with Crippen LogP contribution in [0.15, 0.2) is 78.9 Å². The van der Waals surface area contributed by atoms with Gasteiger partial charge in [0.05, 0.1) is 7.11 Å². The molecule has 3 aromatic rings. The van der Waals surface area contributed by atoms with E-state index in [1.54, 1.807) is 19.2 Å². The predicted octanol–water partition coefficient (Wildman–Crippen LogP) is 4.58. The molecule has 2 nitrogen and oxygen atoms in total. The summed E-state index contributed by atoms with van der Waals surface area (Å²) in [5, 5.41) is 9.53. The van der Waals surface area contributed by atoms with Crippen molar-refractivity contribution in [2.24, 2.45) is 0 Å². The molecule has 1 unspecified atom stereocenters. The van der Waals surface area contributed by atoms with E-state index in [9.17, 15) is 5.11 Å². The number of ether oxygens (including phenoxy) is 1. The Bertz CT molecular complexity index is 716. The molecular weight excluding hydrogens is 272 g/mol. The van der Waals surface area contributed by atoms with Gasteiger partial charge in [-0.3, -0.25) is 0 Å². The van der Waals surface area contributed by atoms with Gasteiger partial charge in [0.25, 0.3) is 0 Å². The minimum Gasteiger partial charge on any atom is -0.508 e. The third-order valence-electron chi connectivity index (χ3n) is 3.81. The summed E-state index contributed by atoms with van der Waals surface area (Å²) >= 11 is 0.